The summed E-state index contributed by atoms with van der Waals surface area (Å²) < 4.78 is 2.28. The quantitative estimate of drug-likeness (QED) is 0.448. The van der Waals surface area contributed by atoms with Crippen LogP contribution in [0.2, 0.25) is 0 Å². The summed E-state index contributed by atoms with van der Waals surface area (Å²) in [7, 11) is 0. The highest BCUT2D eigenvalue weighted by Crippen LogP contribution is 2.33. The summed E-state index contributed by atoms with van der Waals surface area (Å²) in [4.78, 5) is 22.8. The summed E-state index contributed by atoms with van der Waals surface area (Å²) in [6, 6.07) is 8.85. The van der Waals surface area contributed by atoms with Crippen LogP contribution in [-0.4, -0.2) is 50.7 Å². The van der Waals surface area contributed by atoms with E-state index in [1.54, 1.807) is 11.3 Å². The third-order valence-corrected chi connectivity index (χ3v) is 7.48. The van der Waals surface area contributed by atoms with Gasteiger partial charge in [0.15, 0.2) is 17.0 Å². The number of hydrogen-bond donors (Lipinski definition) is 2. The molecule has 5 heterocycles. The number of anilines is 2. The third kappa shape index (κ3) is 4.18. The van der Waals surface area contributed by atoms with Crippen molar-refractivity contribution in [3.05, 3.63) is 47.7 Å². The molecule has 1 saturated carbocycles. The highest BCUT2D eigenvalue weighted by molar-refractivity contribution is 7.13. The summed E-state index contributed by atoms with van der Waals surface area (Å²) in [5.41, 5.74) is 3.92. The third-order valence-electron chi connectivity index (χ3n) is 6.59. The van der Waals surface area contributed by atoms with E-state index in [-0.39, 0.29) is 0 Å². The zero-order valence-corrected chi connectivity index (χ0v) is 19.4. The zero-order valence-electron chi connectivity index (χ0n) is 18.6. The molecule has 9 heteroatoms. The van der Waals surface area contributed by atoms with Gasteiger partial charge in [-0.2, -0.15) is 9.97 Å². The Morgan fingerprint density at radius 1 is 1.06 bits per heavy atom. The Kier molecular flexibility index (Phi) is 5.65. The number of thiophene rings is 1. The first kappa shape index (κ1) is 20.6. The molecule has 1 saturated heterocycles. The molecular weight excluding hydrogens is 432 g/mol. The first-order valence-corrected chi connectivity index (χ1v) is 12.7. The number of hydrogen-bond acceptors (Lipinski definition) is 8. The molecule has 1 aliphatic heterocycles. The predicted molar refractivity (Wildman–Crippen MR) is 133 cm³/mol. The monoisotopic (exact) mass is 460 g/mol. The average Bonchev–Trinajstić information content (AvgIpc) is 3.65. The lowest BCUT2D eigenvalue weighted by Gasteiger charge is -2.27. The van der Waals surface area contributed by atoms with Crippen LogP contribution in [0.25, 0.3) is 21.7 Å². The second kappa shape index (κ2) is 9.07. The summed E-state index contributed by atoms with van der Waals surface area (Å²) in [6.45, 7) is 4.37. The Balaban J connectivity index is 1.29. The minimum atomic E-state index is 0.489. The van der Waals surface area contributed by atoms with Gasteiger partial charge in [0, 0.05) is 45.0 Å². The van der Waals surface area contributed by atoms with Crippen molar-refractivity contribution >= 4 is 34.3 Å². The van der Waals surface area contributed by atoms with Crippen LogP contribution < -0.4 is 15.5 Å². The molecule has 2 fully saturated rings. The van der Waals surface area contributed by atoms with E-state index in [0.717, 1.165) is 60.4 Å². The maximum Gasteiger partial charge on any atom is 0.229 e. The maximum atomic E-state index is 5.00. The Morgan fingerprint density at radius 2 is 1.94 bits per heavy atom. The lowest BCUT2D eigenvalue weighted by atomic mass is 10.2. The van der Waals surface area contributed by atoms with Gasteiger partial charge in [-0.3, -0.25) is 4.98 Å². The molecule has 2 N–H and O–H groups in total. The Morgan fingerprint density at radius 3 is 2.70 bits per heavy atom. The van der Waals surface area contributed by atoms with Gasteiger partial charge in [-0.15, -0.1) is 11.3 Å². The van der Waals surface area contributed by atoms with Crippen molar-refractivity contribution in [1.29, 1.82) is 0 Å². The van der Waals surface area contributed by atoms with Gasteiger partial charge in [0.05, 0.1) is 16.9 Å². The van der Waals surface area contributed by atoms with E-state index in [1.165, 1.54) is 30.6 Å². The molecule has 33 heavy (non-hydrogen) atoms. The van der Waals surface area contributed by atoms with Gasteiger partial charge < -0.3 is 20.1 Å². The molecule has 0 amide bonds. The van der Waals surface area contributed by atoms with E-state index in [1.807, 2.05) is 12.5 Å². The Labute approximate surface area is 197 Å². The molecule has 8 nitrogen and oxygen atoms in total. The summed E-state index contributed by atoms with van der Waals surface area (Å²) in [5, 5.41) is 9.02. The second-order valence-electron chi connectivity index (χ2n) is 8.75. The largest absolute Gasteiger partial charge is 0.364 e. The number of piperazine rings is 1. The zero-order chi connectivity index (χ0) is 22.0. The summed E-state index contributed by atoms with van der Waals surface area (Å²) in [5.74, 6) is 1.59. The molecule has 0 radical (unpaired) electrons. The highest BCUT2D eigenvalue weighted by atomic mass is 32.1. The van der Waals surface area contributed by atoms with Crippen molar-refractivity contribution in [2.75, 3.05) is 36.4 Å². The number of rotatable bonds is 6. The SMILES string of the molecule is c1csc(-c2ccc(CNc3nc(N4CCNCC4)nc4c3ncn4C3CCCC3)cn2)c1. The van der Waals surface area contributed by atoms with Crippen LogP contribution in [0.5, 0.6) is 0 Å². The summed E-state index contributed by atoms with van der Waals surface area (Å²) in [6.07, 6.45) is 8.85. The normalized spacial score (nSPS) is 17.2. The first-order chi connectivity index (χ1) is 16.3. The lowest BCUT2D eigenvalue weighted by molar-refractivity contribution is 0.528. The van der Waals surface area contributed by atoms with Crippen molar-refractivity contribution in [1.82, 2.24) is 29.8 Å². The molecule has 0 unspecified atom stereocenters. The Bertz CT molecular complexity index is 1210. The molecule has 1 aliphatic carbocycles. The van der Waals surface area contributed by atoms with Gasteiger partial charge in [0.1, 0.15) is 0 Å². The number of pyridine rings is 1. The Hall–Kier alpha value is -3.04. The van der Waals surface area contributed by atoms with Crippen LogP contribution in [-0.2, 0) is 6.54 Å². The number of nitrogens with one attached hydrogen (secondary N) is 2. The van der Waals surface area contributed by atoms with Crippen molar-refractivity contribution in [2.24, 2.45) is 0 Å². The van der Waals surface area contributed by atoms with E-state index in [0.29, 0.717) is 12.6 Å². The molecule has 0 atom stereocenters. The smallest absolute Gasteiger partial charge is 0.229 e. The van der Waals surface area contributed by atoms with Gasteiger partial charge >= 0.3 is 0 Å². The van der Waals surface area contributed by atoms with Crippen molar-refractivity contribution in [2.45, 2.75) is 38.3 Å². The van der Waals surface area contributed by atoms with Crippen LogP contribution in [0.15, 0.2) is 42.2 Å². The highest BCUT2D eigenvalue weighted by Gasteiger charge is 2.23. The maximum absolute atomic E-state index is 5.00. The fourth-order valence-electron chi connectivity index (χ4n) is 4.77. The van der Waals surface area contributed by atoms with Crippen LogP contribution in [0.3, 0.4) is 0 Å². The van der Waals surface area contributed by atoms with Crippen LogP contribution >= 0.6 is 11.3 Å². The fraction of sp³-hybridized carbons (Fsp3) is 0.417. The fourth-order valence-corrected chi connectivity index (χ4v) is 5.47. The molecular formula is C24H28N8S. The second-order valence-corrected chi connectivity index (χ2v) is 9.70. The molecule has 0 spiro atoms. The van der Waals surface area contributed by atoms with Crippen LogP contribution in [0.4, 0.5) is 11.8 Å². The predicted octanol–water partition coefficient (Wildman–Crippen LogP) is 4.09. The van der Waals surface area contributed by atoms with Crippen molar-refractivity contribution in [3.63, 3.8) is 0 Å². The number of fused-ring (bicyclic) bond motifs is 1. The van der Waals surface area contributed by atoms with E-state index < -0.39 is 0 Å². The molecule has 0 bridgehead atoms. The number of nitrogens with zero attached hydrogens (tertiary/aromatic N) is 6. The van der Waals surface area contributed by atoms with Gasteiger partial charge in [-0.25, -0.2) is 4.98 Å². The molecule has 2 aliphatic rings. The van der Waals surface area contributed by atoms with Crippen molar-refractivity contribution in [3.8, 4) is 10.6 Å². The summed E-state index contributed by atoms with van der Waals surface area (Å²) >= 11 is 1.71. The molecule has 170 valence electrons. The topological polar surface area (TPSA) is 83.8 Å². The van der Waals surface area contributed by atoms with Crippen LogP contribution in [0, 0.1) is 0 Å². The molecule has 6 rings (SSSR count). The average molecular weight is 461 g/mol. The number of imidazole rings is 1. The van der Waals surface area contributed by atoms with Crippen molar-refractivity contribution < 1.29 is 0 Å². The van der Waals surface area contributed by atoms with E-state index in [9.17, 15) is 0 Å². The molecule has 4 aromatic rings. The van der Waals surface area contributed by atoms with Gasteiger partial charge in [-0.05, 0) is 35.9 Å². The standard InChI is InChI=1S/C24H28N8S/c1-2-5-18(4-1)32-16-28-21-22(29-24(30-23(21)32)31-11-9-25-10-12-31)27-15-17-7-8-19(26-14-17)20-6-3-13-33-20/h3,6-8,13-14,16,18,25H,1-2,4-5,9-12,15H2,(H,27,29,30). The first-order valence-electron chi connectivity index (χ1n) is 11.8. The van der Waals surface area contributed by atoms with Gasteiger partial charge in [-0.1, -0.05) is 25.0 Å². The molecule has 0 aromatic carbocycles. The van der Waals surface area contributed by atoms with E-state index in [4.69, 9.17) is 15.0 Å². The minimum absolute atomic E-state index is 0.489. The lowest BCUT2D eigenvalue weighted by Crippen LogP contribution is -2.44. The minimum Gasteiger partial charge on any atom is -0.364 e. The van der Waals surface area contributed by atoms with E-state index in [2.05, 4.69) is 54.7 Å². The van der Waals surface area contributed by atoms with E-state index >= 15 is 0 Å². The van der Waals surface area contributed by atoms with Gasteiger partial charge in [0.2, 0.25) is 5.95 Å². The number of aromatic nitrogens is 5. The van der Waals surface area contributed by atoms with Crippen LogP contribution in [0.1, 0.15) is 37.3 Å². The molecule has 4 aromatic heterocycles. The van der Waals surface area contributed by atoms with Gasteiger partial charge in [0.25, 0.3) is 0 Å².